The summed E-state index contributed by atoms with van der Waals surface area (Å²) in [4.78, 5) is 23.1. The lowest BCUT2D eigenvalue weighted by molar-refractivity contribution is 0.104. The molecule has 5 nitrogen and oxygen atoms in total. The molecule has 5 heteroatoms. The zero-order valence-corrected chi connectivity index (χ0v) is 11.9. The third-order valence-corrected chi connectivity index (χ3v) is 3.75. The maximum absolute atomic E-state index is 12.4. The number of nitrogens with zero attached hydrogens (tertiary/aromatic N) is 3. The summed E-state index contributed by atoms with van der Waals surface area (Å²) in [7, 11) is 0. The van der Waals surface area contributed by atoms with E-state index in [1.165, 1.54) is 0 Å². The van der Waals surface area contributed by atoms with Crippen molar-refractivity contribution in [2.75, 3.05) is 18.4 Å². The topological polar surface area (TPSA) is 57.6 Å². The van der Waals surface area contributed by atoms with Gasteiger partial charge in [-0.15, -0.1) is 0 Å². The van der Waals surface area contributed by atoms with Gasteiger partial charge in [0.15, 0.2) is 0 Å². The fourth-order valence-electron chi connectivity index (χ4n) is 2.73. The molecule has 1 aromatic carbocycles. The van der Waals surface area contributed by atoms with Crippen LogP contribution in [0.5, 0.6) is 0 Å². The zero-order chi connectivity index (χ0) is 14.9. The summed E-state index contributed by atoms with van der Waals surface area (Å²) in [6, 6.07) is 13.3. The Labute approximate surface area is 128 Å². The standard InChI is InChI=1S/C17H14N4O/c22-15(14-7-3-4-8-18-14)11-16-20-13-6-2-1-5-12(13)17-19-9-10-21(16)17/h1-8,11,20H,9-10H2. The average molecular weight is 290 g/mol. The molecular formula is C17H14N4O. The lowest BCUT2D eigenvalue weighted by atomic mass is 10.1. The number of carbonyl (C=O) groups excluding carboxylic acids is 1. The number of aromatic nitrogens is 1. The summed E-state index contributed by atoms with van der Waals surface area (Å²) in [5.41, 5.74) is 2.48. The second-order valence-corrected chi connectivity index (χ2v) is 5.14. The van der Waals surface area contributed by atoms with E-state index in [0.29, 0.717) is 5.69 Å². The van der Waals surface area contributed by atoms with Gasteiger partial charge in [0.05, 0.1) is 12.2 Å². The third kappa shape index (κ3) is 2.07. The molecule has 0 saturated carbocycles. The van der Waals surface area contributed by atoms with E-state index in [1.807, 2.05) is 35.2 Å². The summed E-state index contributed by atoms with van der Waals surface area (Å²) >= 11 is 0. The van der Waals surface area contributed by atoms with Crippen molar-refractivity contribution >= 4 is 17.3 Å². The van der Waals surface area contributed by atoms with Gasteiger partial charge in [0, 0.05) is 24.4 Å². The Hall–Kier alpha value is -2.95. The third-order valence-electron chi connectivity index (χ3n) is 3.75. The molecule has 0 fully saturated rings. The first-order valence-electron chi connectivity index (χ1n) is 7.18. The predicted molar refractivity (Wildman–Crippen MR) is 84.8 cm³/mol. The number of aliphatic imine (C=N–C) groups is 1. The van der Waals surface area contributed by atoms with Crippen molar-refractivity contribution in [3.8, 4) is 0 Å². The monoisotopic (exact) mass is 290 g/mol. The molecule has 0 bridgehead atoms. The van der Waals surface area contributed by atoms with Crippen LogP contribution in [0.2, 0.25) is 0 Å². The molecule has 0 saturated heterocycles. The second-order valence-electron chi connectivity index (χ2n) is 5.14. The lowest BCUT2D eigenvalue weighted by Gasteiger charge is -2.31. The summed E-state index contributed by atoms with van der Waals surface area (Å²) in [5.74, 6) is 1.56. The Morgan fingerprint density at radius 2 is 2.05 bits per heavy atom. The highest BCUT2D eigenvalue weighted by Crippen LogP contribution is 2.29. The number of allylic oxidation sites excluding steroid dienone is 1. The van der Waals surface area contributed by atoms with Crippen LogP contribution >= 0.6 is 0 Å². The van der Waals surface area contributed by atoms with Gasteiger partial charge in [-0.3, -0.25) is 14.8 Å². The smallest absolute Gasteiger partial charge is 0.207 e. The predicted octanol–water partition coefficient (Wildman–Crippen LogP) is 2.29. The molecule has 1 aromatic heterocycles. The van der Waals surface area contributed by atoms with Crippen LogP contribution in [-0.2, 0) is 0 Å². The maximum atomic E-state index is 12.4. The highest BCUT2D eigenvalue weighted by molar-refractivity contribution is 6.09. The van der Waals surface area contributed by atoms with Crippen LogP contribution in [0.4, 0.5) is 5.69 Å². The van der Waals surface area contributed by atoms with Gasteiger partial charge in [0.1, 0.15) is 17.4 Å². The minimum absolute atomic E-state index is 0.117. The van der Waals surface area contributed by atoms with Crippen molar-refractivity contribution in [3.05, 3.63) is 71.8 Å². The Balaban J connectivity index is 1.73. The van der Waals surface area contributed by atoms with Crippen LogP contribution in [0.3, 0.4) is 0 Å². The number of pyridine rings is 1. The number of rotatable bonds is 2. The number of hydrogen-bond acceptors (Lipinski definition) is 5. The number of hydrogen-bond donors (Lipinski definition) is 1. The van der Waals surface area contributed by atoms with E-state index in [4.69, 9.17) is 0 Å². The Bertz CT molecular complexity index is 795. The highest BCUT2D eigenvalue weighted by Gasteiger charge is 2.29. The number of para-hydroxylation sites is 1. The van der Waals surface area contributed by atoms with Gasteiger partial charge in [-0.05, 0) is 24.3 Å². The molecule has 0 amide bonds. The second kappa shape index (κ2) is 5.11. The number of nitrogens with one attached hydrogen (secondary N) is 1. The fraction of sp³-hybridized carbons (Fsp3) is 0.118. The van der Waals surface area contributed by atoms with E-state index in [9.17, 15) is 4.79 Å². The first-order valence-corrected chi connectivity index (χ1v) is 7.18. The van der Waals surface area contributed by atoms with Crippen molar-refractivity contribution in [3.63, 3.8) is 0 Å². The van der Waals surface area contributed by atoms with Crippen LogP contribution in [0.25, 0.3) is 0 Å². The molecule has 108 valence electrons. The van der Waals surface area contributed by atoms with Crippen LogP contribution in [0.1, 0.15) is 16.1 Å². The molecule has 0 atom stereocenters. The van der Waals surface area contributed by atoms with Crippen molar-refractivity contribution in [2.24, 2.45) is 4.99 Å². The zero-order valence-electron chi connectivity index (χ0n) is 11.9. The van der Waals surface area contributed by atoms with E-state index in [2.05, 4.69) is 15.3 Å². The van der Waals surface area contributed by atoms with Gasteiger partial charge in [0.2, 0.25) is 5.78 Å². The van der Waals surface area contributed by atoms with Crippen LogP contribution in [0, 0.1) is 0 Å². The molecular weight excluding hydrogens is 276 g/mol. The molecule has 1 N–H and O–H groups in total. The number of benzene rings is 1. The quantitative estimate of drug-likeness (QED) is 0.681. The number of ketones is 1. The van der Waals surface area contributed by atoms with Crippen molar-refractivity contribution in [2.45, 2.75) is 0 Å². The summed E-state index contributed by atoms with van der Waals surface area (Å²) in [6.07, 6.45) is 3.22. The van der Waals surface area contributed by atoms with E-state index >= 15 is 0 Å². The van der Waals surface area contributed by atoms with Crippen LogP contribution < -0.4 is 5.32 Å². The molecule has 0 spiro atoms. The van der Waals surface area contributed by atoms with Crippen molar-refractivity contribution in [1.82, 2.24) is 9.88 Å². The van der Waals surface area contributed by atoms with Crippen molar-refractivity contribution < 1.29 is 4.79 Å². The highest BCUT2D eigenvalue weighted by atomic mass is 16.1. The summed E-state index contributed by atoms with van der Waals surface area (Å²) < 4.78 is 0. The molecule has 0 unspecified atom stereocenters. The van der Waals surface area contributed by atoms with E-state index < -0.39 is 0 Å². The molecule has 2 aliphatic heterocycles. The molecule has 4 rings (SSSR count). The first kappa shape index (κ1) is 12.8. The molecule has 22 heavy (non-hydrogen) atoms. The van der Waals surface area contributed by atoms with Gasteiger partial charge >= 0.3 is 0 Å². The van der Waals surface area contributed by atoms with Crippen LogP contribution in [0.15, 0.2) is 65.6 Å². The fourth-order valence-corrected chi connectivity index (χ4v) is 2.73. The van der Waals surface area contributed by atoms with E-state index in [-0.39, 0.29) is 5.78 Å². The van der Waals surface area contributed by atoms with E-state index in [1.54, 1.807) is 24.4 Å². The van der Waals surface area contributed by atoms with Gasteiger partial charge < -0.3 is 10.2 Å². The van der Waals surface area contributed by atoms with Gasteiger partial charge in [-0.1, -0.05) is 18.2 Å². The lowest BCUT2D eigenvalue weighted by Crippen LogP contribution is -2.36. The molecule has 0 radical (unpaired) electrons. The number of amidine groups is 1. The SMILES string of the molecule is O=C(C=C1Nc2ccccc2C2=NCCN12)c1ccccn1. The molecule has 2 aromatic rings. The molecule has 0 aliphatic carbocycles. The summed E-state index contributed by atoms with van der Waals surface area (Å²) in [5, 5.41) is 3.33. The van der Waals surface area contributed by atoms with Crippen molar-refractivity contribution in [1.29, 1.82) is 0 Å². The normalized spacial score (nSPS) is 17.5. The molecule has 3 heterocycles. The Morgan fingerprint density at radius 3 is 2.91 bits per heavy atom. The van der Waals surface area contributed by atoms with Gasteiger partial charge in [-0.25, -0.2) is 0 Å². The number of anilines is 1. The Morgan fingerprint density at radius 1 is 1.18 bits per heavy atom. The number of carbonyl (C=O) groups is 1. The maximum Gasteiger partial charge on any atom is 0.207 e. The minimum atomic E-state index is -0.117. The minimum Gasteiger partial charge on any atom is -0.341 e. The first-order chi connectivity index (χ1) is 10.8. The summed E-state index contributed by atoms with van der Waals surface area (Å²) in [6.45, 7) is 1.51. The molecule has 2 aliphatic rings. The Kier molecular flexibility index (Phi) is 2.96. The van der Waals surface area contributed by atoms with Crippen LogP contribution in [-0.4, -0.2) is 34.6 Å². The van der Waals surface area contributed by atoms with E-state index in [0.717, 1.165) is 36.0 Å². The number of fused-ring (bicyclic) bond motifs is 3. The largest absolute Gasteiger partial charge is 0.341 e. The average Bonchev–Trinajstić information content (AvgIpc) is 3.06. The van der Waals surface area contributed by atoms with Gasteiger partial charge in [-0.2, -0.15) is 0 Å². The van der Waals surface area contributed by atoms with Gasteiger partial charge in [0.25, 0.3) is 0 Å².